The number of rotatable bonds is 5. The Kier molecular flexibility index (Phi) is 4.15. The molecular weight excluding hydrogens is 248 g/mol. The molecule has 2 aromatic rings. The molecule has 0 aliphatic heterocycles. The number of ether oxygens (including phenoxy) is 1. The Morgan fingerprint density at radius 1 is 1.33 bits per heavy atom. The van der Waals surface area contributed by atoms with Gasteiger partial charge in [0, 0.05) is 24.6 Å². The second kappa shape index (κ2) is 5.83. The van der Waals surface area contributed by atoms with Crippen LogP contribution in [0.5, 0.6) is 5.75 Å². The maximum absolute atomic E-state index is 6.16. The van der Waals surface area contributed by atoms with Crippen LogP contribution in [0.25, 0.3) is 0 Å². The Hall–Kier alpha value is -1.61. The molecule has 0 atom stereocenters. The molecule has 1 heterocycles. The van der Waals surface area contributed by atoms with Crippen molar-refractivity contribution < 1.29 is 4.74 Å². The molecule has 0 unspecified atom stereocenters. The van der Waals surface area contributed by atoms with Crippen LogP contribution in [-0.4, -0.2) is 11.1 Å². The van der Waals surface area contributed by atoms with E-state index in [1.54, 1.807) is 0 Å². The van der Waals surface area contributed by atoms with Crippen LogP contribution < -0.4 is 10.1 Å². The summed E-state index contributed by atoms with van der Waals surface area (Å²) in [4.78, 5) is 3.02. The Morgan fingerprint density at radius 3 is 2.78 bits per heavy atom. The van der Waals surface area contributed by atoms with E-state index >= 15 is 0 Å². The average molecular weight is 265 g/mol. The van der Waals surface area contributed by atoms with Crippen LogP contribution in [0.2, 0.25) is 5.02 Å². The number of aromatic nitrogens is 1. The maximum atomic E-state index is 6.16. The largest absolute Gasteiger partial charge is 0.489 e. The zero-order valence-electron chi connectivity index (χ0n) is 10.5. The van der Waals surface area contributed by atoms with E-state index < -0.39 is 0 Å². The van der Waals surface area contributed by atoms with E-state index in [2.05, 4.69) is 10.3 Å². The van der Waals surface area contributed by atoms with E-state index in [9.17, 15) is 0 Å². The first-order valence-electron chi connectivity index (χ1n) is 5.97. The molecule has 0 saturated carbocycles. The van der Waals surface area contributed by atoms with Gasteiger partial charge in [-0.2, -0.15) is 0 Å². The molecule has 2 N–H and O–H groups in total. The second-order valence-corrected chi connectivity index (χ2v) is 4.79. The van der Waals surface area contributed by atoms with Crippen LogP contribution in [0.4, 0.5) is 5.69 Å². The number of hydrogen-bond donors (Lipinski definition) is 2. The van der Waals surface area contributed by atoms with Crippen LogP contribution >= 0.6 is 11.6 Å². The zero-order valence-corrected chi connectivity index (χ0v) is 11.3. The van der Waals surface area contributed by atoms with E-state index in [4.69, 9.17) is 16.3 Å². The topological polar surface area (TPSA) is 37.0 Å². The van der Waals surface area contributed by atoms with Crippen molar-refractivity contribution in [3.8, 4) is 5.75 Å². The molecular formula is C14H17ClN2O. The summed E-state index contributed by atoms with van der Waals surface area (Å²) in [6, 6.07) is 7.77. The molecule has 96 valence electrons. The van der Waals surface area contributed by atoms with Crippen molar-refractivity contribution in [2.45, 2.75) is 26.5 Å². The first kappa shape index (κ1) is 12.8. The molecule has 0 aliphatic carbocycles. The summed E-state index contributed by atoms with van der Waals surface area (Å²) in [5, 5.41) is 3.94. The number of aromatic amines is 1. The van der Waals surface area contributed by atoms with E-state index in [1.165, 1.54) is 5.56 Å². The fourth-order valence-corrected chi connectivity index (χ4v) is 1.86. The molecule has 1 aromatic carbocycles. The normalized spacial score (nSPS) is 10.7. The highest BCUT2D eigenvalue weighted by molar-refractivity contribution is 6.32. The van der Waals surface area contributed by atoms with Gasteiger partial charge in [-0.05, 0) is 43.7 Å². The molecule has 0 spiro atoms. The predicted octanol–water partition coefficient (Wildman–Crippen LogP) is 4.07. The third-order valence-corrected chi connectivity index (χ3v) is 2.75. The maximum Gasteiger partial charge on any atom is 0.138 e. The van der Waals surface area contributed by atoms with Crippen LogP contribution in [0.15, 0.2) is 36.7 Å². The third-order valence-electron chi connectivity index (χ3n) is 2.45. The molecule has 18 heavy (non-hydrogen) atoms. The number of anilines is 1. The number of hydrogen-bond acceptors (Lipinski definition) is 2. The highest BCUT2D eigenvalue weighted by atomic mass is 35.5. The van der Waals surface area contributed by atoms with Crippen molar-refractivity contribution in [1.82, 2.24) is 4.98 Å². The monoisotopic (exact) mass is 264 g/mol. The molecule has 0 fully saturated rings. The standard InChI is InChI=1S/C14H17ClN2O/c1-10(2)18-14-4-3-12(7-13(14)15)17-9-11-5-6-16-8-11/h3-8,10,16-17H,9H2,1-2H3. The van der Waals surface area contributed by atoms with Gasteiger partial charge >= 0.3 is 0 Å². The first-order valence-corrected chi connectivity index (χ1v) is 6.34. The minimum absolute atomic E-state index is 0.126. The van der Waals surface area contributed by atoms with Crippen LogP contribution in [-0.2, 0) is 6.54 Å². The zero-order chi connectivity index (χ0) is 13.0. The average Bonchev–Trinajstić information content (AvgIpc) is 2.82. The van der Waals surface area contributed by atoms with Gasteiger partial charge in [-0.15, -0.1) is 0 Å². The van der Waals surface area contributed by atoms with Crippen LogP contribution in [0.1, 0.15) is 19.4 Å². The lowest BCUT2D eigenvalue weighted by atomic mass is 10.2. The van der Waals surface area contributed by atoms with Gasteiger partial charge in [-0.3, -0.25) is 0 Å². The molecule has 0 amide bonds. The molecule has 1 aromatic heterocycles. The molecule has 0 saturated heterocycles. The summed E-state index contributed by atoms with van der Waals surface area (Å²) >= 11 is 6.16. The number of H-pyrrole nitrogens is 1. The highest BCUT2D eigenvalue weighted by Gasteiger charge is 2.05. The SMILES string of the molecule is CC(C)Oc1ccc(NCc2cc[nH]c2)cc1Cl. The highest BCUT2D eigenvalue weighted by Crippen LogP contribution is 2.28. The smallest absolute Gasteiger partial charge is 0.138 e. The van der Waals surface area contributed by atoms with Gasteiger partial charge in [0.1, 0.15) is 5.75 Å². The Morgan fingerprint density at radius 2 is 2.17 bits per heavy atom. The van der Waals surface area contributed by atoms with Gasteiger partial charge < -0.3 is 15.0 Å². The number of nitrogens with one attached hydrogen (secondary N) is 2. The van der Waals surface area contributed by atoms with Crippen molar-refractivity contribution in [2.24, 2.45) is 0 Å². The summed E-state index contributed by atoms with van der Waals surface area (Å²) in [6.45, 7) is 4.73. The van der Waals surface area contributed by atoms with E-state index in [0.717, 1.165) is 18.0 Å². The molecule has 2 rings (SSSR count). The van der Waals surface area contributed by atoms with E-state index in [0.29, 0.717) is 5.02 Å². The molecule has 0 aliphatic rings. The lowest BCUT2D eigenvalue weighted by Gasteiger charge is -2.13. The van der Waals surface area contributed by atoms with Crippen molar-refractivity contribution in [3.05, 3.63) is 47.2 Å². The number of benzene rings is 1. The Labute approximate surface area is 112 Å². The second-order valence-electron chi connectivity index (χ2n) is 4.38. The number of halogens is 1. The van der Waals surface area contributed by atoms with Crippen LogP contribution in [0.3, 0.4) is 0 Å². The van der Waals surface area contributed by atoms with Crippen molar-refractivity contribution in [3.63, 3.8) is 0 Å². The lowest BCUT2D eigenvalue weighted by Crippen LogP contribution is -2.06. The Balaban J connectivity index is 2.00. The summed E-state index contributed by atoms with van der Waals surface area (Å²) < 4.78 is 5.59. The predicted molar refractivity (Wildman–Crippen MR) is 75.3 cm³/mol. The minimum Gasteiger partial charge on any atom is -0.489 e. The van der Waals surface area contributed by atoms with Gasteiger partial charge in [0.05, 0.1) is 11.1 Å². The van der Waals surface area contributed by atoms with Gasteiger partial charge in [0.2, 0.25) is 0 Å². The summed E-state index contributed by atoms with van der Waals surface area (Å²) in [7, 11) is 0. The first-order chi connectivity index (χ1) is 8.65. The molecule has 3 nitrogen and oxygen atoms in total. The van der Waals surface area contributed by atoms with Crippen LogP contribution in [0, 0.1) is 0 Å². The van der Waals surface area contributed by atoms with Gasteiger partial charge in [0.15, 0.2) is 0 Å². The van der Waals surface area contributed by atoms with E-state index in [1.807, 2.05) is 50.5 Å². The lowest BCUT2D eigenvalue weighted by molar-refractivity contribution is 0.242. The summed E-state index contributed by atoms with van der Waals surface area (Å²) in [5.41, 5.74) is 2.19. The minimum atomic E-state index is 0.126. The van der Waals surface area contributed by atoms with Crippen molar-refractivity contribution in [2.75, 3.05) is 5.32 Å². The fraction of sp³-hybridized carbons (Fsp3) is 0.286. The van der Waals surface area contributed by atoms with E-state index in [-0.39, 0.29) is 6.10 Å². The fourth-order valence-electron chi connectivity index (χ4n) is 1.63. The summed E-state index contributed by atoms with van der Waals surface area (Å²) in [6.07, 6.45) is 4.00. The van der Waals surface area contributed by atoms with Gasteiger partial charge in [0.25, 0.3) is 0 Å². The quantitative estimate of drug-likeness (QED) is 0.854. The van der Waals surface area contributed by atoms with Gasteiger partial charge in [-0.25, -0.2) is 0 Å². The molecule has 4 heteroatoms. The van der Waals surface area contributed by atoms with Crippen molar-refractivity contribution >= 4 is 17.3 Å². The third kappa shape index (κ3) is 3.44. The molecule has 0 radical (unpaired) electrons. The Bertz CT molecular complexity index is 495. The van der Waals surface area contributed by atoms with Gasteiger partial charge in [-0.1, -0.05) is 11.6 Å². The van der Waals surface area contributed by atoms with Crippen molar-refractivity contribution in [1.29, 1.82) is 0 Å². The summed E-state index contributed by atoms with van der Waals surface area (Å²) in [5.74, 6) is 0.721. The molecule has 0 bridgehead atoms.